The van der Waals surface area contributed by atoms with Crippen molar-refractivity contribution in [3.05, 3.63) is 29.8 Å². The van der Waals surface area contributed by atoms with Crippen LogP contribution < -0.4 is 10.5 Å². The number of anilines is 1. The first kappa shape index (κ1) is 14.0. The Hall–Kier alpha value is -1.07. The molecule has 0 heterocycles. The summed E-state index contributed by atoms with van der Waals surface area (Å²) in [6.07, 6.45) is 1.80. The van der Waals surface area contributed by atoms with Crippen LogP contribution >= 0.6 is 0 Å². The van der Waals surface area contributed by atoms with Crippen LogP contribution in [0.25, 0.3) is 0 Å². The number of sulfonamides is 1. The van der Waals surface area contributed by atoms with Gasteiger partial charge in [0.25, 0.3) is 0 Å². The Morgan fingerprint density at radius 1 is 1.41 bits per heavy atom. The SMILES string of the molecule is CCC[C@@H](C)NS(=O)(=O)Cc1cccc(N)c1. The molecule has 1 rings (SSSR count). The third-order valence-corrected chi connectivity index (χ3v) is 3.89. The smallest absolute Gasteiger partial charge is 0.216 e. The molecule has 0 aliphatic heterocycles. The van der Waals surface area contributed by atoms with Crippen molar-refractivity contribution in [3.63, 3.8) is 0 Å². The second kappa shape index (κ2) is 6.02. The Morgan fingerprint density at radius 3 is 2.71 bits per heavy atom. The maximum Gasteiger partial charge on any atom is 0.216 e. The van der Waals surface area contributed by atoms with E-state index in [9.17, 15) is 8.42 Å². The van der Waals surface area contributed by atoms with Gasteiger partial charge >= 0.3 is 0 Å². The molecule has 0 amide bonds. The molecule has 17 heavy (non-hydrogen) atoms. The summed E-state index contributed by atoms with van der Waals surface area (Å²) in [4.78, 5) is 0. The summed E-state index contributed by atoms with van der Waals surface area (Å²) in [5.74, 6) is -0.0217. The van der Waals surface area contributed by atoms with E-state index in [0.717, 1.165) is 12.8 Å². The van der Waals surface area contributed by atoms with Crippen LogP contribution in [0.1, 0.15) is 32.3 Å². The van der Waals surface area contributed by atoms with E-state index in [1.54, 1.807) is 24.3 Å². The molecule has 1 atom stereocenters. The average Bonchev–Trinajstić information content (AvgIpc) is 2.15. The van der Waals surface area contributed by atoms with Crippen molar-refractivity contribution >= 4 is 15.7 Å². The first-order valence-corrected chi connectivity index (χ1v) is 7.42. The van der Waals surface area contributed by atoms with Crippen molar-refractivity contribution in [2.24, 2.45) is 0 Å². The minimum Gasteiger partial charge on any atom is -0.399 e. The minimum atomic E-state index is -3.28. The van der Waals surface area contributed by atoms with E-state index >= 15 is 0 Å². The molecule has 3 N–H and O–H groups in total. The van der Waals surface area contributed by atoms with E-state index in [-0.39, 0.29) is 11.8 Å². The fourth-order valence-electron chi connectivity index (χ4n) is 1.74. The van der Waals surface area contributed by atoms with Gasteiger partial charge in [-0.15, -0.1) is 0 Å². The number of hydrogen-bond donors (Lipinski definition) is 2. The third kappa shape index (κ3) is 5.19. The van der Waals surface area contributed by atoms with Crippen LogP contribution in [0.3, 0.4) is 0 Å². The highest BCUT2D eigenvalue weighted by Crippen LogP contribution is 2.10. The van der Waals surface area contributed by atoms with Crippen molar-refractivity contribution in [3.8, 4) is 0 Å². The largest absolute Gasteiger partial charge is 0.399 e. The Labute approximate surface area is 103 Å². The molecule has 0 saturated carbocycles. The highest BCUT2D eigenvalue weighted by molar-refractivity contribution is 7.88. The number of benzene rings is 1. The molecule has 0 radical (unpaired) electrons. The van der Waals surface area contributed by atoms with Gasteiger partial charge in [0.2, 0.25) is 10.0 Å². The van der Waals surface area contributed by atoms with Crippen molar-refractivity contribution in [2.45, 2.75) is 38.5 Å². The van der Waals surface area contributed by atoms with Crippen molar-refractivity contribution in [1.29, 1.82) is 0 Å². The van der Waals surface area contributed by atoms with E-state index in [1.807, 2.05) is 13.8 Å². The lowest BCUT2D eigenvalue weighted by atomic mass is 10.2. The van der Waals surface area contributed by atoms with Crippen LogP contribution in [-0.2, 0) is 15.8 Å². The van der Waals surface area contributed by atoms with Gasteiger partial charge in [0.05, 0.1) is 5.75 Å². The standard InChI is InChI=1S/C12H20N2O2S/c1-3-5-10(2)14-17(15,16)9-11-6-4-7-12(13)8-11/h4,6-8,10,14H,3,5,9,13H2,1-2H3/t10-/m1/s1. The van der Waals surface area contributed by atoms with Gasteiger partial charge in [0.1, 0.15) is 0 Å². The Balaban J connectivity index is 2.67. The van der Waals surface area contributed by atoms with Crippen LogP contribution in [0.15, 0.2) is 24.3 Å². The summed E-state index contributed by atoms with van der Waals surface area (Å²) < 4.78 is 26.3. The van der Waals surface area contributed by atoms with Crippen molar-refractivity contribution in [2.75, 3.05) is 5.73 Å². The van der Waals surface area contributed by atoms with Crippen LogP contribution in [0, 0.1) is 0 Å². The molecule has 0 saturated heterocycles. The van der Waals surface area contributed by atoms with Crippen LogP contribution in [0.2, 0.25) is 0 Å². The predicted octanol–water partition coefficient (Wildman–Crippen LogP) is 1.88. The quantitative estimate of drug-likeness (QED) is 0.763. The number of nitrogens with one attached hydrogen (secondary N) is 1. The molecule has 0 bridgehead atoms. The molecule has 96 valence electrons. The predicted molar refractivity (Wildman–Crippen MR) is 71.0 cm³/mol. The lowest BCUT2D eigenvalue weighted by Crippen LogP contribution is -2.33. The van der Waals surface area contributed by atoms with E-state index in [0.29, 0.717) is 11.3 Å². The molecule has 0 fully saturated rings. The molecular formula is C12H20N2O2S. The molecule has 1 aromatic carbocycles. The minimum absolute atomic E-state index is 0.0217. The van der Waals surface area contributed by atoms with Gasteiger partial charge in [-0.1, -0.05) is 25.5 Å². The number of nitrogen functional groups attached to an aromatic ring is 1. The summed E-state index contributed by atoms with van der Waals surface area (Å²) >= 11 is 0. The van der Waals surface area contributed by atoms with E-state index < -0.39 is 10.0 Å². The zero-order valence-electron chi connectivity index (χ0n) is 10.3. The molecule has 0 aromatic heterocycles. The number of rotatable bonds is 6. The highest BCUT2D eigenvalue weighted by atomic mass is 32.2. The second-order valence-electron chi connectivity index (χ2n) is 4.31. The topological polar surface area (TPSA) is 72.2 Å². The fourth-order valence-corrected chi connectivity index (χ4v) is 3.18. The zero-order chi connectivity index (χ0) is 12.9. The normalized spacial score (nSPS) is 13.5. The molecule has 1 aromatic rings. The maximum absolute atomic E-state index is 11.8. The summed E-state index contributed by atoms with van der Waals surface area (Å²) in [7, 11) is -3.28. The van der Waals surface area contributed by atoms with Gasteiger partial charge in [0.15, 0.2) is 0 Å². The molecular weight excluding hydrogens is 236 g/mol. The van der Waals surface area contributed by atoms with Crippen LogP contribution in [-0.4, -0.2) is 14.5 Å². The summed E-state index contributed by atoms with van der Waals surface area (Å²) in [5.41, 5.74) is 6.90. The molecule has 0 aliphatic carbocycles. The molecule has 0 unspecified atom stereocenters. The monoisotopic (exact) mass is 256 g/mol. The third-order valence-electron chi connectivity index (χ3n) is 2.41. The van der Waals surface area contributed by atoms with Gasteiger partial charge in [0, 0.05) is 11.7 Å². The highest BCUT2D eigenvalue weighted by Gasteiger charge is 2.14. The number of hydrogen-bond acceptors (Lipinski definition) is 3. The first-order chi connectivity index (χ1) is 7.93. The van der Waals surface area contributed by atoms with Crippen LogP contribution in [0.4, 0.5) is 5.69 Å². The molecule has 0 spiro atoms. The van der Waals surface area contributed by atoms with Gasteiger partial charge < -0.3 is 5.73 Å². The van der Waals surface area contributed by atoms with Gasteiger partial charge in [-0.2, -0.15) is 0 Å². The lowest BCUT2D eigenvalue weighted by molar-refractivity contribution is 0.543. The first-order valence-electron chi connectivity index (χ1n) is 5.77. The van der Waals surface area contributed by atoms with Gasteiger partial charge in [-0.25, -0.2) is 13.1 Å². The summed E-state index contributed by atoms with van der Waals surface area (Å²) in [6.45, 7) is 3.91. The fraction of sp³-hybridized carbons (Fsp3) is 0.500. The Morgan fingerprint density at radius 2 is 2.12 bits per heavy atom. The van der Waals surface area contributed by atoms with E-state index in [1.165, 1.54) is 0 Å². The van der Waals surface area contributed by atoms with Crippen molar-refractivity contribution in [1.82, 2.24) is 4.72 Å². The average molecular weight is 256 g/mol. The lowest BCUT2D eigenvalue weighted by Gasteiger charge is -2.13. The van der Waals surface area contributed by atoms with Crippen molar-refractivity contribution < 1.29 is 8.42 Å². The van der Waals surface area contributed by atoms with E-state index in [4.69, 9.17) is 5.73 Å². The second-order valence-corrected chi connectivity index (χ2v) is 6.07. The zero-order valence-corrected chi connectivity index (χ0v) is 11.1. The van der Waals surface area contributed by atoms with Gasteiger partial charge in [-0.05, 0) is 31.0 Å². The Kier molecular flexibility index (Phi) is 4.96. The molecule has 0 aliphatic rings. The van der Waals surface area contributed by atoms with E-state index in [2.05, 4.69) is 4.72 Å². The van der Waals surface area contributed by atoms with Crippen LogP contribution in [0.5, 0.6) is 0 Å². The van der Waals surface area contributed by atoms with Gasteiger partial charge in [-0.3, -0.25) is 0 Å². The summed E-state index contributed by atoms with van der Waals surface area (Å²) in [5, 5.41) is 0. The Bertz CT molecular complexity index is 457. The summed E-state index contributed by atoms with van der Waals surface area (Å²) in [6, 6.07) is 6.92. The maximum atomic E-state index is 11.8. The molecule has 4 nitrogen and oxygen atoms in total. The molecule has 5 heteroatoms. The number of nitrogens with two attached hydrogens (primary N) is 1.